The van der Waals surface area contributed by atoms with Crippen LogP contribution < -0.4 is 9.47 Å². The zero-order valence-electron chi connectivity index (χ0n) is 19.8. The summed E-state index contributed by atoms with van der Waals surface area (Å²) in [6.07, 6.45) is 0.936. The average molecular weight is 505 g/mol. The van der Waals surface area contributed by atoms with Crippen LogP contribution in [0, 0.1) is 23.6 Å². The van der Waals surface area contributed by atoms with Crippen molar-refractivity contribution in [1.29, 1.82) is 0 Å². The van der Waals surface area contributed by atoms with Crippen molar-refractivity contribution in [1.82, 2.24) is 9.88 Å². The molecule has 0 N–H and O–H groups in total. The van der Waals surface area contributed by atoms with E-state index < -0.39 is 29.5 Å². The van der Waals surface area contributed by atoms with Crippen molar-refractivity contribution in [3.05, 3.63) is 53.5 Å². The molecule has 192 valence electrons. The first-order valence-electron chi connectivity index (χ1n) is 12.2. The van der Waals surface area contributed by atoms with Crippen LogP contribution in [0.15, 0.2) is 36.4 Å². The molecule has 4 aliphatic rings. The normalized spacial score (nSPS) is 32.1. The van der Waals surface area contributed by atoms with Crippen LogP contribution >= 0.6 is 0 Å². The molecule has 2 aliphatic carbocycles. The van der Waals surface area contributed by atoms with Gasteiger partial charge in [-0.3, -0.25) is 4.79 Å². The van der Waals surface area contributed by atoms with Crippen LogP contribution in [0.1, 0.15) is 35.3 Å². The summed E-state index contributed by atoms with van der Waals surface area (Å²) in [5, 5.41) is 0. The lowest BCUT2D eigenvalue weighted by atomic mass is 9.82. The van der Waals surface area contributed by atoms with Gasteiger partial charge in [-0.15, -0.1) is 0 Å². The van der Waals surface area contributed by atoms with Gasteiger partial charge >= 0.3 is 0 Å². The van der Waals surface area contributed by atoms with Gasteiger partial charge in [0.1, 0.15) is 30.0 Å². The SMILES string of the molecule is COc1nc(C(=O)N2CC[C@]3(c4cccc(F)c4)OCO[C@@H]3C2)ccc1OC[C@H]1C[C@@H]2[C@H](C1)C2(F)F. The molecule has 1 amide bonds. The molecule has 2 aliphatic heterocycles. The second-order valence-electron chi connectivity index (χ2n) is 10.1. The molecule has 36 heavy (non-hydrogen) atoms. The summed E-state index contributed by atoms with van der Waals surface area (Å²) in [5.41, 5.74) is 0.0896. The van der Waals surface area contributed by atoms with Gasteiger partial charge in [-0.2, -0.15) is 0 Å². The number of pyridine rings is 1. The van der Waals surface area contributed by atoms with Crippen molar-refractivity contribution in [2.75, 3.05) is 33.6 Å². The summed E-state index contributed by atoms with van der Waals surface area (Å²) in [4.78, 5) is 19.3. The number of rotatable bonds is 6. The highest BCUT2D eigenvalue weighted by Crippen LogP contribution is 2.65. The highest BCUT2D eigenvalue weighted by atomic mass is 19.3. The number of carbonyl (C=O) groups excluding carboxylic acids is 1. The number of fused-ring (bicyclic) bond motifs is 2. The van der Waals surface area contributed by atoms with Gasteiger partial charge < -0.3 is 23.8 Å². The number of likely N-dealkylation sites (tertiary alicyclic amines) is 1. The van der Waals surface area contributed by atoms with E-state index in [0.717, 1.165) is 0 Å². The molecule has 0 radical (unpaired) electrons. The third kappa shape index (κ3) is 3.82. The smallest absolute Gasteiger partial charge is 0.272 e. The van der Waals surface area contributed by atoms with Gasteiger partial charge in [0.05, 0.1) is 20.3 Å². The molecule has 4 fully saturated rings. The van der Waals surface area contributed by atoms with Crippen LogP contribution in [-0.4, -0.2) is 61.4 Å². The second-order valence-corrected chi connectivity index (χ2v) is 10.1. The van der Waals surface area contributed by atoms with E-state index in [1.54, 1.807) is 23.1 Å². The molecular formula is C26H27F3N2O5. The molecule has 2 saturated carbocycles. The molecule has 10 heteroatoms. The number of amides is 1. The van der Waals surface area contributed by atoms with Crippen molar-refractivity contribution in [2.24, 2.45) is 17.8 Å². The molecule has 1 aromatic heterocycles. The number of halogens is 3. The molecule has 2 saturated heterocycles. The Balaban J connectivity index is 1.11. The van der Waals surface area contributed by atoms with Crippen molar-refractivity contribution >= 4 is 5.91 Å². The number of carbonyl (C=O) groups is 1. The first-order valence-corrected chi connectivity index (χ1v) is 12.2. The van der Waals surface area contributed by atoms with Gasteiger partial charge in [0, 0.05) is 24.8 Å². The maximum absolute atomic E-state index is 13.9. The topological polar surface area (TPSA) is 70.1 Å². The predicted molar refractivity (Wildman–Crippen MR) is 120 cm³/mol. The van der Waals surface area contributed by atoms with E-state index in [9.17, 15) is 18.0 Å². The highest BCUT2D eigenvalue weighted by Gasteiger charge is 2.71. The summed E-state index contributed by atoms with van der Waals surface area (Å²) in [6.45, 7) is 1.03. The number of aromatic nitrogens is 1. The zero-order chi connectivity index (χ0) is 25.1. The molecule has 6 rings (SSSR count). The largest absolute Gasteiger partial charge is 0.488 e. The van der Waals surface area contributed by atoms with E-state index in [4.69, 9.17) is 18.9 Å². The Hall–Kier alpha value is -2.85. The standard InChI is InChI=1S/C26H27F3N2O5/c1-33-23-21(34-13-15-9-18-19(10-15)26(18,28)29)6-5-20(30-23)24(32)31-8-7-25(22(12-31)35-14-36-25)16-3-2-4-17(27)11-16/h2-6,11,15,18-19,22H,7-10,12-14H2,1H3/t15-,18+,19-,22-,25-/m1/s1. The van der Waals surface area contributed by atoms with Gasteiger partial charge in [-0.25, -0.2) is 18.2 Å². The summed E-state index contributed by atoms with van der Waals surface area (Å²) in [6, 6.07) is 9.48. The lowest BCUT2D eigenvalue weighted by Gasteiger charge is -2.41. The van der Waals surface area contributed by atoms with E-state index in [1.165, 1.54) is 19.2 Å². The lowest BCUT2D eigenvalue weighted by Crippen LogP contribution is -2.53. The van der Waals surface area contributed by atoms with Crippen molar-refractivity contribution < 1.29 is 36.9 Å². The Labute approximate surface area is 206 Å². The number of benzene rings is 1. The Morgan fingerprint density at radius 2 is 2.03 bits per heavy atom. The maximum atomic E-state index is 13.9. The van der Waals surface area contributed by atoms with E-state index in [0.29, 0.717) is 43.7 Å². The third-order valence-electron chi connectivity index (χ3n) is 8.10. The van der Waals surface area contributed by atoms with Crippen LogP contribution in [0.3, 0.4) is 0 Å². The fourth-order valence-electron chi connectivity index (χ4n) is 6.05. The fourth-order valence-corrected chi connectivity index (χ4v) is 6.05. The minimum absolute atomic E-state index is 0.0709. The van der Waals surface area contributed by atoms with E-state index in [2.05, 4.69) is 4.98 Å². The van der Waals surface area contributed by atoms with Gasteiger partial charge in [0.2, 0.25) is 0 Å². The lowest BCUT2D eigenvalue weighted by molar-refractivity contribution is -0.0441. The molecule has 3 heterocycles. The number of piperidine rings is 1. The minimum Gasteiger partial charge on any atom is -0.488 e. The van der Waals surface area contributed by atoms with E-state index >= 15 is 0 Å². The van der Waals surface area contributed by atoms with Crippen LogP contribution in [-0.2, 0) is 15.1 Å². The monoisotopic (exact) mass is 504 g/mol. The Bertz CT molecular complexity index is 1170. The highest BCUT2D eigenvalue weighted by molar-refractivity contribution is 5.92. The number of hydrogen-bond donors (Lipinski definition) is 0. The summed E-state index contributed by atoms with van der Waals surface area (Å²) < 4.78 is 63.6. The fraction of sp³-hybridized carbons (Fsp3) is 0.538. The zero-order valence-corrected chi connectivity index (χ0v) is 19.8. The first kappa shape index (κ1) is 23.5. The number of ether oxygens (including phenoxy) is 4. The molecule has 1 aromatic carbocycles. The van der Waals surface area contributed by atoms with Gasteiger partial charge in [0.25, 0.3) is 17.7 Å². The van der Waals surface area contributed by atoms with E-state index in [-0.39, 0.29) is 42.6 Å². The minimum atomic E-state index is -2.50. The maximum Gasteiger partial charge on any atom is 0.272 e. The molecule has 5 atom stereocenters. The molecule has 7 nitrogen and oxygen atoms in total. The number of methoxy groups -OCH3 is 1. The number of alkyl halides is 2. The van der Waals surface area contributed by atoms with Crippen LogP contribution in [0.4, 0.5) is 13.2 Å². The summed E-state index contributed by atoms with van der Waals surface area (Å²) in [7, 11) is 1.44. The van der Waals surface area contributed by atoms with Gasteiger partial charge in [-0.1, -0.05) is 12.1 Å². The predicted octanol–water partition coefficient (Wildman–Crippen LogP) is 4.01. The number of hydrogen-bond acceptors (Lipinski definition) is 6. The summed E-state index contributed by atoms with van der Waals surface area (Å²) >= 11 is 0. The van der Waals surface area contributed by atoms with Gasteiger partial charge in [-0.05, 0) is 48.6 Å². The number of nitrogens with zero attached hydrogens (tertiary/aromatic N) is 2. The first-order chi connectivity index (χ1) is 17.3. The van der Waals surface area contributed by atoms with Crippen molar-refractivity contribution in [3.8, 4) is 11.6 Å². The molecule has 0 unspecified atom stereocenters. The Morgan fingerprint density at radius 1 is 1.22 bits per heavy atom. The third-order valence-corrected chi connectivity index (χ3v) is 8.10. The van der Waals surface area contributed by atoms with Crippen LogP contribution in [0.5, 0.6) is 11.6 Å². The molecule has 0 spiro atoms. The Kier molecular flexibility index (Phi) is 5.64. The van der Waals surface area contributed by atoms with Crippen LogP contribution in [0.25, 0.3) is 0 Å². The van der Waals surface area contributed by atoms with Crippen molar-refractivity contribution in [2.45, 2.75) is 36.9 Å². The van der Waals surface area contributed by atoms with E-state index in [1.807, 2.05) is 6.07 Å². The van der Waals surface area contributed by atoms with Crippen molar-refractivity contribution in [3.63, 3.8) is 0 Å². The quantitative estimate of drug-likeness (QED) is 0.592. The average Bonchev–Trinajstić information content (AvgIpc) is 3.30. The molecule has 0 bridgehead atoms. The second kappa shape index (κ2) is 8.62. The van der Waals surface area contributed by atoms with Gasteiger partial charge in [0.15, 0.2) is 5.75 Å². The Morgan fingerprint density at radius 3 is 2.78 bits per heavy atom. The molecular weight excluding hydrogens is 477 g/mol. The summed E-state index contributed by atoms with van der Waals surface area (Å²) in [5.74, 6) is -3.55. The van der Waals surface area contributed by atoms with Crippen LogP contribution in [0.2, 0.25) is 0 Å². The molecule has 2 aromatic rings.